The van der Waals surface area contributed by atoms with Gasteiger partial charge in [0, 0.05) is 0 Å². The highest BCUT2D eigenvalue weighted by Gasteiger charge is 2.24. The molecule has 1 aromatic heterocycles. The Morgan fingerprint density at radius 2 is 1.78 bits per heavy atom. The molecule has 32 heavy (non-hydrogen) atoms. The van der Waals surface area contributed by atoms with E-state index in [1.807, 2.05) is 37.3 Å². The third-order valence-corrected chi connectivity index (χ3v) is 4.82. The number of benzene rings is 2. The minimum atomic E-state index is -1.01. The zero-order chi connectivity index (χ0) is 22.9. The van der Waals surface area contributed by atoms with Crippen molar-refractivity contribution in [1.29, 1.82) is 0 Å². The average molecular weight is 436 g/mol. The van der Waals surface area contributed by atoms with Gasteiger partial charge in [-0.05, 0) is 29.2 Å². The summed E-state index contributed by atoms with van der Waals surface area (Å²) < 4.78 is 15.1. The molecule has 0 fully saturated rings. The van der Waals surface area contributed by atoms with Crippen molar-refractivity contribution in [2.45, 2.75) is 26.0 Å². The Kier molecular flexibility index (Phi) is 7.69. The Hall–Kier alpha value is -4.01. The smallest absolute Gasteiger partial charge is 0.328 e. The highest BCUT2D eigenvalue weighted by atomic mass is 16.5. The van der Waals surface area contributed by atoms with Gasteiger partial charge in [0.15, 0.2) is 0 Å². The first kappa shape index (κ1) is 22.7. The van der Waals surface area contributed by atoms with E-state index in [9.17, 15) is 9.59 Å². The molecular weight excluding hydrogens is 412 g/mol. The fourth-order valence-electron chi connectivity index (χ4n) is 3.07. The van der Waals surface area contributed by atoms with Gasteiger partial charge in [0.05, 0.1) is 20.6 Å². The van der Waals surface area contributed by atoms with E-state index in [-0.39, 0.29) is 25.0 Å². The second-order valence-electron chi connectivity index (χ2n) is 6.84. The van der Waals surface area contributed by atoms with E-state index in [1.54, 1.807) is 0 Å². The van der Waals surface area contributed by atoms with Crippen LogP contribution in [0, 0.1) is 6.92 Å². The lowest BCUT2D eigenvalue weighted by Crippen LogP contribution is -2.34. The normalized spacial score (nSPS) is 11.3. The lowest BCUT2D eigenvalue weighted by molar-refractivity contribution is -0.148. The van der Waals surface area contributed by atoms with Crippen LogP contribution in [0.5, 0.6) is 6.01 Å². The monoisotopic (exact) mass is 436 g/mol. The summed E-state index contributed by atoms with van der Waals surface area (Å²) in [5.41, 5.74) is 4.32. The number of ether oxygens (including phenoxy) is 3. The summed E-state index contributed by atoms with van der Waals surface area (Å²) in [5.74, 6) is -1.15. The quantitative estimate of drug-likeness (QED) is 0.506. The summed E-state index contributed by atoms with van der Waals surface area (Å²) in [5, 5.41) is 2.76. The second-order valence-corrected chi connectivity index (χ2v) is 6.84. The molecular formula is C23H24N4O5. The molecule has 0 amide bonds. The Bertz CT molecular complexity index is 1070. The van der Waals surface area contributed by atoms with Crippen LogP contribution in [0.3, 0.4) is 0 Å². The molecule has 9 nitrogen and oxygen atoms in total. The van der Waals surface area contributed by atoms with Gasteiger partial charge in [-0.3, -0.25) is 4.79 Å². The molecule has 1 atom stereocenters. The molecule has 0 aliphatic rings. The van der Waals surface area contributed by atoms with E-state index in [2.05, 4.69) is 43.2 Å². The molecule has 3 rings (SSSR count). The number of carbonyl (C=O) groups excluding carboxylic acids is 2. The second kappa shape index (κ2) is 10.9. The van der Waals surface area contributed by atoms with Gasteiger partial charge in [0.25, 0.3) is 0 Å². The van der Waals surface area contributed by atoms with Crippen LogP contribution < -0.4 is 10.1 Å². The number of rotatable bonds is 9. The summed E-state index contributed by atoms with van der Waals surface area (Å²) in [7, 11) is 2.46. The van der Waals surface area contributed by atoms with Gasteiger partial charge in [-0.15, -0.1) is 0 Å². The molecule has 0 spiro atoms. The molecule has 2 aromatic carbocycles. The molecule has 0 aliphatic heterocycles. The van der Waals surface area contributed by atoms with Crippen LogP contribution in [0.4, 0.5) is 5.95 Å². The van der Waals surface area contributed by atoms with E-state index in [0.29, 0.717) is 0 Å². The van der Waals surface area contributed by atoms with Crippen molar-refractivity contribution < 1.29 is 23.8 Å². The van der Waals surface area contributed by atoms with Crippen molar-refractivity contribution in [2.75, 3.05) is 19.5 Å². The number of nitrogens with one attached hydrogen (secondary N) is 1. The predicted molar refractivity (Wildman–Crippen MR) is 117 cm³/mol. The van der Waals surface area contributed by atoms with Gasteiger partial charge >= 0.3 is 17.9 Å². The SMILES string of the molecule is COC(=O)C[C@@H](Nc1ncnc(OCc2cccc(-c3ccccc3)c2C)n1)C(=O)OC. The van der Waals surface area contributed by atoms with Gasteiger partial charge in [-0.25, -0.2) is 9.78 Å². The summed E-state index contributed by atoms with van der Waals surface area (Å²) >= 11 is 0. The highest BCUT2D eigenvalue weighted by Crippen LogP contribution is 2.26. The zero-order valence-electron chi connectivity index (χ0n) is 18.1. The maximum absolute atomic E-state index is 12.0. The number of esters is 2. The Labute approximate surface area is 185 Å². The average Bonchev–Trinajstić information content (AvgIpc) is 2.83. The van der Waals surface area contributed by atoms with Crippen molar-refractivity contribution in [3.63, 3.8) is 0 Å². The van der Waals surface area contributed by atoms with Crippen molar-refractivity contribution in [2.24, 2.45) is 0 Å². The molecule has 0 aliphatic carbocycles. The van der Waals surface area contributed by atoms with Crippen molar-refractivity contribution >= 4 is 17.9 Å². The van der Waals surface area contributed by atoms with Gasteiger partial charge in [-0.1, -0.05) is 48.5 Å². The third kappa shape index (κ3) is 5.78. The summed E-state index contributed by atoms with van der Waals surface area (Å²) in [6, 6.07) is 15.2. The molecule has 9 heteroatoms. The van der Waals surface area contributed by atoms with Crippen LogP contribution in [0.15, 0.2) is 54.9 Å². The molecule has 0 saturated heterocycles. The van der Waals surface area contributed by atoms with Crippen LogP contribution in [0.2, 0.25) is 0 Å². The van der Waals surface area contributed by atoms with Crippen LogP contribution in [-0.2, 0) is 25.7 Å². The van der Waals surface area contributed by atoms with Crippen LogP contribution >= 0.6 is 0 Å². The lowest BCUT2D eigenvalue weighted by atomic mass is 9.97. The molecule has 0 unspecified atom stereocenters. The standard InChI is InChI=1S/C23H24N4O5/c1-15-17(10-7-11-18(15)16-8-5-4-6-9-16)13-32-23-25-14-24-22(27-23)26-19(21(29)31-3)12-20(28)30-2/h4-11,14,19H,12-13H2,1-3H3,(H,24,25,26,27)/t19-/m1/s1. The Morgan fingerprint density at radius 3 is 2.50 bits per heavy atom. The number of hydrogen-bond acceptors (Lipinski definition) is 9. The van der Waals surface area contributed by atoms with Gasteiger partial charge in [0.2, 0.25) is 5.95 Å². The van der Waals surface area contributed by atoms with E-state index in [4.69, 9.17) is 9.47 Å². The van der Waals surface area contributed by atoms with Crippen molar-refractivity contribution in [3.8, 4) is 17.1 Å². The molecule has 166 valence electrons. The van der Waals surface area contributed by atoms with Crippen LogP contribution in [0.25, 0.3) is 11.1 Å². The van der Waals surface area contributed by atoms with E-state index < -0.39 is 18.0 Å². The topological polar surface area (TPSA) is 113 Å². The maximum atomic E-state index is 12.0. The van der Waals surface area contributed by atoms with E-state index >= 15 is 0 Å². The van der Waals surface area contributed by atoms with E-state index in [1.165, 1.54) is 20.5 Å². The Balaban J connectivity index is 1.71. The highest BCUT2D eigenvalue weighted by molar-refractivity contribution is 5.84. The van der Waals surface area contributed by atoms with Crippen LogP contribution in [-0.4, -0.2) is 47.2 Å². The molecule has 1 N–H and O–H groups in total. The minimum Gasteiger partial charge on any atom is -0.469 e. The molecule has 1 heterocycles. The number of anilines is 1. The van der Waals surface area contributed by atoms with Crippen LogP contribution in [0.1, 0.15) is 17.5 Å². The number of aromatic nitrogens is 3. The number of carbonyl (C=O) groups is 2. The number of methoxy groups -OCH3 is 2. The van der Waals surface area contributed by atoms with Crippen molar-refractivity contribution in [3.05, 3.63) is 66.0 Å². The first-order valence-corrected chi connectivity index (χ1v) is 9.88. The largest absolute Gasteiger partial charge is 0.469 e. The maximum Gasteiger partial charge on any atom is 0.328 e. The fraction of sp³-hybridized carbons (Fsp3) is 0.261. The molecule has 0 bridgehead atoms. The van der Waals surface area contributed by atoms with Gasteiger partial charge in [0.1, 0.15) is 19.0 Å². The van der Waals surface area contributed by atoms with Gasteiger partial charge in [-0.2, -0.15) is 9.97 Å². The first-order valence-electron chi connectivity index (χ1n) is 9.88. The lowest BCUT2D eigenvalue weighted by Gasteiger charge is -2.15. The number of nitrogens with zero attached hydrogens (tertiary/aromatic N) is 3. The first-order chi connectivity index (χ1) is 15.5. The third-order valence-electron chi connectivity index (χ3n) is 4.82. The van der Waals surface area contributed by atoms with Crippen molar-refractivity contribution in [1.82, 2.24) is 15.0 Å². The summed E-state index contributed by atoms with van der Waals surface area (Å²) in [4.78, 5) is 35.7. The van der Waals surface area contributed by atoms with Gasteiger partial charge < -0.3 is 19.5 Å². The fourth-order valence-corrected chi connectivity index (χ4v) is 3.07. The minimum absolute atomic E-state index is 0.0732. The predicted octanol–water partition coefficient (Wildman–Crippen LogP) is 2.94. The number of hydrogen-bond donors (Lipinski definition) is 1. The summed E-state index contributed by atoms with van der Waals surface area (Å²) in [6.45, 7) is 2.29. The zero-order valence-corrected chi connectivity index (χ0v) is 18.1. The molecule has 0 saturated carbocycles. The Morgan fingerprint density at radius 1 is 1.00 bits per heavy atom. The molecule has 3 aromatic rings. The molecule has 0 radical (unpaired) electrons. The van der Waals surface area contributed by atoms with E-state index in [0.717, 1.165) is 22.3 Å². The summed E-state index contributed by atoms with van der Waals surface area (Å²) in [6.07, 6.45) is 1.01.